The molecule has 0 saturated heterocycles. The maximum absolute atomic E-state index is 12.9. The van der Waals surface area contributed by atoms with Crippen molar-refractivity contribution in [3.8, 4) is 17.1 Å². The van der Waals surface area contributed by atoms with Gasteiger partial charge < -0.3 is 19.1 Å². The number of nitrogens with zero attached hydrogens (tertiary/aromatic N) is 4. The average molecular weight is 429 g/mol. The molecule has 0 fully saturated rings. The second-order valence-corrected chi connectivity index (χ2v) is 7.73. The molecule has 0 spiro atoms. The first-order valence-corrected chi connectivity index (χ1v) is 10.6. The van der Waals surface area contributed by atoms with E-state index in [4.69, 9.17) is 9.26 Å². The van der Waals surface area contributed by atoms with E-state index in [2.05, 4.69) is 25.0 Å². The van der Waals surface area contributed by atoms with Crippen molar-refractivity contribution in [2.24, 2.45) is 0 Å². The maximum atomic E-state index is 12.9. The van der Waals surface area contributed by atoms with Gasteiger partial charge in [-0.3, -0.25) is 4.79 Å². The van der Waals surface area contributed by atoms with Crippen molar-refractivity contribution < 1.29 is 14.1 Å². The van der Waals surface area contributed by atoms with Crippen LogP contribution in [0.5, 0.6) is 5.75 Å². The fourth-order valence-electron chi connectivity index (χ4n) is 3.89. The standard InChI is InChI=1S/C24H23N5O3/c1-16-26-22(28-32-16)15-31-21-8-3-2-7-20(21)24(30)27-18-11-9-17(10-12-18)23-25-14-19-6-4-5-13-29(19)23/h2-3,7-12,14H,4-6,13,15H2,1H3,(H,27,30). The van der Waals surface area contributed by atoms with Crippen molar-refractivity contribution in [2.75, 3.05) is 5.32 Å². The van der Waals surface area contributed by atoms with Gasteiger partial charge in [-0.05, 0) is 55.7 Å². The van der Waals surface area contributed by atoms with Crippen LogP contribution in [0, 0.1) is 6.92 Å². The predicted molar refractivity (Wildman–Crippen MR) is 118 cm³/mol. The van der Waals surface area contributed by atoms with Crippen molar-refractivity contribution in [3.05, 3.63) is 77.7 Å². The molecule has 0 saturated carbocycles. The zero-order chi connectivity index (χ0) is 21.9. The highest BCUT2D eigenvalue weighted by Gasteiger charge is 2.16. The first-order valence-electron chi connectivity index (χ1n) is 10.6. The van der Waals surface area contributed by atoms with E-state index in [1.54, 1.807) is 25.1 Å². The number of imidazole rings is 1. The number of amides is 1. The summed E-state index contributed by atoms with van der Waals surface area (Å²) in [5, 5.41) is 6.75. The zero-order valence-electron chi connectivity index (χ0n) is 17.7. The Morgan fingerprint density at radius 1 is 1.16 bits per heavy atom. The molecule has 0 unspecified atom stereocenters. The van der Waals surface area contributed by atoms with Gasteiger partial charge in [-0.25, -0.2) is 4.98 Å². The fourth-order valence-corrected chi connectivity index (χ4v) is 3.89. The van der Waals surface area contributed by atoms with E-state index in [1.165, 1.54) is 18.5 Å². The summed E-state index contributed by atoms with van der Waals surface area (Å²) in [6.07, 6.45) is 5.44. The number of para-hydroxylation sites is 1. The molecule has 2 aromatic carbocycles. The quantitative estimate of drug-likeness (QED) is 0.488. The van der Waals surface area contributed by atoms with E-state index in [0.717, 1.165) is 24.4 Å². The molecule has 1 N–H and O–H groups in total. The highest BCUT2D eigenvalue weighted by atomic mass is 16.5. The van der Waals surface area contributed by atoms with Crippen LogP contribution in [-0.4, -0.2) is 25.6 Å². The predicted octanol–water partition coefficient (Wildman–Crippen LogP) is 4.41. The number of carbonyl (C=O) groups excluding carboxylic acids is 1. The van der Waals surface area contributed by atoms with Gasteiger partial charge in [0, 0.05) is 36.6 Å². The Labute approximate surface area is 185 Å². The summed E-state index contributed by atoms with van der Waals surface area (Å²) in [6, 6.07) is 14.8. The third-order valence-electron chi connectivity index (χ3n) is 5.46. The van der Waals surface area contributed by atoms with Gasteiger partial charge in [0.25, 0.3) is 5.91 Å². The SMILES string of the molecule is Cc1nc(COc2ccccc2C(=O)Nc2ccc(-c3ncc4n3CCCC4)cc2)no1. The summed E-state index contributed by atoms with van der Waals surface area (Å²) >= 11 is 0. The number of ether oxygens (including phenoxy) is 1. The molecular formula is C24H23N5O3. The zero-order valence-corrected chi connectivity index (χ0v) is 17.7. The van der Waals surface area contributed by atoms with Crippen LogP contribution >= 0.6 is 0 Å². The molecule has 8 nitrogen and oxygen atoms in total. The number of carbonyl (C=O) groups is 1. The van der Waals surface area contributed by atoms with Crippen molar-refractivity contribution in [1.29, 1.82) is 0 Å². The highest BCUT2D eigenvalue weighted by Crippen LogP contribution is 2.26. The minimum absolute atomic E-state index is 0.116. The van der Waals surface area contributed by atoms with E-state index >= 15 is 0 Å². The lowest BCUT2D eigenvalue weighted by Crippen LogP contribution is -2.14. The number of benzene rings is 2. The van der Waals surface area contributed by atoms with Gasteiger partial charge in [0.2, 0.25) is 11.7 Å². The fraction of sp³-hybridized carbons (Fsp3) is 0.250. The first kappa shape index (κ1) is 20.0. The Hall–Kier alpha value is -3.94. The van der Waals surface area contributed by atoms with E-state index in [1.807, 2.05) is 36.5 Å². The molecule has 1 amide bonds. The topological polar surface area (TPSA) is 95.1 Å². The number of rotatable bonds is 6. The van der Waals surface area contributed by atoms with Crippen LogP contribution in [0.15, 0.2) is 59.3 Å². The van der Waals surface area contributed by atoms with Crippen molar-refractivity contribution in [1.82, 2.24) is 19.7 Å². The van der Waals surface area contributed by atoms with Gasteiger partial charge in [-0.15, -0.1) is 0 Å². The van der Waals surface area contributed by atoms with Crippen LogP contribution in [0.3, 0.4) is 0 Å². The Bertz CT molecular complexity index is 1240. The minimum Gasteiger partial charge on any atom is -0.485 e. The van der Waals surface area contributed by atoms with Gasteiger partial charge in [0.05, 0.1) is 5.56 Å². The number of hydrogen-bond acceptors (Lipinski definition) is 6. The van der Waals surface area contributed by atoms with Crippen molar-refractivity contribution >= 4 is 11.6 Å². The molecule has 1 aliphatic heterocycles. The number of aryl methyl sites for hydroxylation is 2. The molecule has 0 bridgehead atoms. The lowest BCUT2D eigenvalue weighted by atomic mass is 10.1. The number of fused-ring (bicyclic) bond motifs is 1. The first-order chi connectivity index (χ1) is 15.7. The molecule has 2 aromatic heterocycles. The average Bonchev–Trinajstić information content (AvgIpc) is 3.44. The van der Waals surface area contributed by atoms with Gasteiger partial charge >= 0.3 is 0 Å². The Kier molecular flexibility index (Phi) is 5.41. The Morgan fingerprint density at radius 2 is 2.00 bits per heavy atom. The normalized spacial score (nSPS) is 12.9. The summed E-state index contributed by atoms with van der Waals surface area (Å²) in [5.74, 6) is 2.07. The third-order valence-corrected chi connectivity index (χ3v) is 5.46. The van der Waals surface area contributed by atoms with Crippen LogP contribution in [-0.2, 0) is 19.6 Å². The van der Waals surface area contributed by atoms with E-state index in [9.17, 15) is 4.79 Å². The molecule has 3 heterocycles. The molecule has 0 aliphatic carbocycles. The number of anilines is 1. The molecule has 0 atom stereocenters. The lowest BCUT2D eigenvalue weighted by Gasteiger charge is -2.16. The number of nitrogens with one attached hydrogen (secondary N) is 1. The van der Waals surface area contributed by atoms with Crippen LogP contribution in [0.1, 0.15) is 40.6 Å². The Balaban J connectivity index is 1.29. The van der Waals surface area contributed by atoms with Crippen LogP contribution in [0.4, 0.5) is 5.69 Å². The Morgan fingerprint density at radius 3 is 2.81 bits per heavy atom. The molecule has 4 aromatic rings. The van der Waals surface area contributed by atoms with Crippen molar-refractivity contribution in [3.63, 3.8) is 0 Å². The largest absolute Gasteiger partial charge is 0.485 e. The molecule has 5 rings (SSSR count). The van der Waals surface area contributed by atoms with Gasteiger partial charge in [0.15, 0.2) is 6.61 Å². The van der Waals surface area contributed by atoms with E-state index in [0.29, 0.717) is 28.7 Å². The molecular weight excluding hydrogens is 406 g/mol. The smallest absolute Gasteiger partial charge is 0.259 e. The van der Waals surface area contributed by atoms with Gasteiger partial charge in [0.1, 0.15) is 11.6 Å². The molecule has 8 heteroatoms. The molecule has 32 heavy (non-hydrogen) atoms. The van der Waals surface area contributed by atoms with Crippen LogP contribution in [0.25, 0.3) is 11.4 Å². The van der Waals surface area contributed by atoms with E-state index in [-0.39, 0.29) is 12.5 Å². The van der Waals surface area contributed by atoms with Crippen LogP contribution < -0.4 is 10.1 Å². The van der Waals surface area contributed by atoms with Crippen molar-refractivity contribution in [2.45, 2.75) is 39.3 Å². The highest BCUT2D eigenvalue weighted by molar-refractivity contribution is 6.06. The molecule has 162 valence electrons. The number of aromatic nitrogens is 4. The van der Waals surface area contributed by atoms with Gasteiger partial charge in [-0.2, -0.15) is 4.98 Å². The lowest BCUT2D eigenvalue weighted by molar-refractivity contribution is 0.102. The molecule has 1 aliphatic rings. The van der Waals surface area contributed by atoms with E-state index < -0.39 is 0 Å². The monoisotopic (exact) mass is 429 g/mol. The summed E-state index contributed by atoms with van der Waals surface area (Å²) in [5.41, 5.74) is 3.46. The summed E-state index contributed by atoms with van der Waals surface area (Å²) in [7, 11) is 0. The third kappa shape index (κ3) is 4.12. The maximum Gasteiger partial charge on any atom is 0.259 e. The summed E-state index contributed by atoms with van der Waals surface area (Å²) in [4.78, 5) is 21.6. The molecule has 0 radical (unpaired) electrons. The number of hydrogen-bond donors (Lipinski definition) is 1. The van der Waals surface area contributed by atoms with Gasteiger partial charge in [-0.1, -0.05) is 17.3 Å². The minimum atomic E-state index is -0.254. The summed E-state index contributed by atoms with van der Waals surface area (Å²) in [6.45, 7) is 2.83. The van der Waals surface area contributed by atoms with Crippen LogP contribution in [0.2, 0.25) is 0 Å². The second-order valence-electron chi connectivity index (χ2n) is 7.73. The summed E-state index contributed by atoms with van der Waals surface area (Å²) < 4.78 is 13.0. The second kappa shape index (κ2) is 8.66.